The summed E-state index contributed by atoms with van der Waals surface area (Å²) in [5.41, 5.74) is 6.12. The van der Waals surface area contributed by atoms with Crippen LogP contribution in [0.4, 0.5) is 5.69 Å². The van der Waals surface area contributed by atoms with Gasteiger partial charge in [0.05, 0.1) is 9.95 Å². The number of amidine groups is 1. The third-order valence-electron chi connectivity index (χ3n) is 2.63. The molecule has 21 heavy (non-hydrogen) atoms. The molecule has 108 valence electrons. The van der Waals surface area contributed by atoms with Crippen molar-refractivity contribution < 1.29 is 9.66 Å². The van der Waals surface area contributed by atoms with E-state index in [2.05, 4.69) is 4.98 Å². The molecule has 1 aromatic carbocycles. The van der Waals surface area contributed by atoms with Crippen molar-refractivity contribution in [1.82, 2.24) is 4.98 Å². The van der Waals surface area contributed by atoms with E-state index in [0.717, 1.165) is 0 Å². The molecular formula is C13H11ClN4O3. The Hall–Kier alpha value is -2.67. The molecule has 0 fully saturated rings. The van der Waals surface area contributed by atoms with Crippen LogP contribution in [0.15, 0.2) is 36.5 Å². The molecule has 0 unspecified atom stereocenters. The van der Waals surface area contributed by atoms with Crippen molar-refractivity contribution in [2.24, 2.45) is 5.73 Å². The highest BCUT2D eigenvalue weighted by molar-refractivity contribution is 6.32. The molecule has 0 aliphatic carbocycles. The molecule has 0 atom stereocenters. The molecule has 2 rings (SSSR count). The molecule has 0 saturated carbocycles. The fourth-order valence-corrected chi connectivity index (χ4v) is 1.88. The van der Waals surface area contributed by atoms with Gasteiger partial charge in [0.15, 0.2) is 0 Å². The third-order valence-corrected chi connectivity index (χ3v) is 2.92. The Morgan fingerprint density at radius 3 is 2.90 bits per heavy atom. The second kappa shape index (κ2) is 6.19. The Kier molecular flexibility index (Phi) is 4.34. The number of nitrogens with one attached hydrogen (secondary N) is 1. The fraction of sp³-hybridized carbons (Fsp3) is 0.0769. The van der Waals surface area contributed by atoms with Gasteiger partial charge in [-0.25, -0.2) is 0 Å². The Morgan fingerprint density at radius 2 is 2.24 bits per heavy atom. The normalized spacial score (nSPS) is 10.1. The van der Waals surface area contributed by atoms with Crippen LogP contribution in [0, 0.1) is 15.5 Å². The number of halogens is 1. The number of nitrogen functional groups attached to an aromatic ring is 1. The van der Waals surface area contributed by atoms with Crippen molar-refractivity contribution in [3.05, 3.63) is 62.9 Å². The number of benzene rings is 1. The van der Waals surface area contributed by atoms with Crippen LogP contribution in [0.3, 0.4) is 0 Å². The van der Waals surface area contributed by atoms with Crippen molar-refractivity contribution >= 4 is 23.1 Å². The van der Waals surface area contributed by atoms with Crippen molar-refractivity contribution in [1.29, 1.82) is 5.41 Å². The molecule has 0 amide bonds. The van der Waals surface area contributed by atoms with E-state index in [1.165, 1.54) is 24.4 Å². The van der Waals surface area contributed by atoms with Gasteiger partial charge in [-0.05, 0) is 23.8 Å². The van der Waals surface area contributed by atoms with Crippen molar-refractivity contribution in [2.75, 3.05) is 0 Å². The Bertz CT molecular complexity index is 706. The first-order chi connectivity index (χ1) is 9.99. The molecule has 0 radical (unpaired) electrons. The van der Waals surface area contributed by atoms with E-state index in [1.807, 2.05) is 0 Å². The molecule has 0 aliphatic rings. The summed E-state index contributed by atoms with van der Waals surface area (Å²) >= 11 is 5.93. The minimum absolute atomic E-state index is 0.00496. The molecule has 1 aromatic heterocycles. The number of pyridine rings is 1. The predicted octanol–water partition coefficient (Wildman–Crippen LogP) is 2.51. The second-order valence-corrected chi connectivity index (χ2v) is 4.50. The van der Waals surface area contributed by atoms with Crippen LogP contribution in [0.2, 0.25) is 5.02 Å². The van der Waals surface area contributed by atoms with Crippen molar-refractivity contribution in [3.63, 3.8) is 0 Å². The molecule has 7 nitrogen and oxygen atoms in total. The van der Waals surface area contributed by atoms with E-state index < -0.39 is 4.92 Å². The molecule has 8 heteroatoms. The molecule has 0 saturated heterocycles. The predicted molar refractivity (Wildman–Crippen MR) is 77.7 cm³/mol. The number of nitrogens with zero attached hydrogens (tertiary/aromatic N) is 2. The van der Waals surface area contributed by atoms with Gasteiger partial charge in [0.1, 0.15) is 18.1 Å². The van der Waals surface area contributed by atoms with E-state index >= 15 is 0 Å². The van der Waals surface area contributed by atoms with Crippen LogP contribution in [0.5, 0.6) is 5.75 Å². The largest absolute Gasteiger partial charge is 0.481 e. The molecule has 3 N–H and O–H groups in total. The maximum absolute atomic E-state index is 10.9. The standard InChI is InChI=1S/C13H11ClN4O3/c14-9-2-1-3-11(18(19)20)12(9)21-7-8-4-5-17-10(6-8)13(15)16/h1-6H,7H2,(H3,15,16). The van der Waals surface area contributed by atoms with Gasteiger partial charge < -0.3 is 10.5 Å². The molecule has 0 spiro atoms. The topological polar surface area (TPSA) is 115 Å². The van der Waals surface area contributed by atoms with Gasteiger partial charge in [0.25, 0.3) is 0 Å². The summed E-state index contributed by atoms with van der Waals surface area (Å²) in [5.74, 6) is -0.161. The highest BCUT2D eigenvalue weighted by Crippen LogP contribution is 2.34. The first-order valence-corrected chi connectivity index (χ1v) is 6.22. The van der Waals surface area contributed by atoms with Gasteiger partial charge in [-0.1, -0.05) is 17.7 Å². The van der Waals surface area contributed by atoms with E-state index in [9.17, 15) is 10.1 Å². The zero-order valence-electron chi connectivity index (χ0n) is 10.7. The number of para-hydroxylation sites is 1. The maximum atomic E-state index is 10.9. The summed E-state index contributed by atoms with van der Waals surface area (Å²) < 4.78 is 5.44. The number of hydrogen-bond donors (Lipinski definition) is 2. The molecule has 0 bridgehead atoms. The van der Waals surface area contributed by atoms with Gasteiger partial charge in [-0.3, -0.25) is 20.5 Å². The first-order valence-electron chi connectivity index (χ1n) is 5.84. The number of ether oxygens (including phenoxy) is 1. The van der Waals surface area contributed by atoms with E-state index in [1.54, 1.807) is 12.1 Å². The number of rotatable bonds is 5. The quantitative estimate of drug-likeness (QED) is 0.381. The Morgan fingerprint density at radius 1 is 1.48 bits per heavy atom. The van der Waals surface area contributed by atoms with E-state index in [-0.39, 0.29) is 28.9 Å². The zero-order valence-corrected chi connectivity index (χ0v) is 11.5. The fourth-order valence-electron chi connectivity index (χ4n) is 1.65. The number of hydrogen-bond acceptors (Lipinski definition) is 5. The number of aromatic nitrogens is 1. The summed E-state index contributed by atoms with van der Waals surface area (Å²) in [5, 5.41) is 18.4. The van der Waals surface area contributed by atoms with E-state index in [0.29, 0.717) is 11.3 Å². The van der Waals surface area contributed by atoms with Gasteiger partial charge >= 0.3 is 5.69 Å². The Labute approximate surface area is 125 Å². The van der Waals surface area contributed by atoms with Gasteiger partial charge in [-0.15, -0.1) is 0 Å². The monoisotopic (exact) mass is 306 g/mol. The highest BCUT2D eigenvalue weighted by Gasteiger charge is 2.18. The minimum atomic E-state index is -0.561. The summed E-state index contributed by atoms with van der Waals surface area (Å²) in [7, 11) is 0. The van der Waals surface area contributed by atoms with E-state index in [4.69, 9.17) is 27.5 Å². The lowest BCUT2D eigenvalue weighted by Crippen LogP contribution is -2.13. The lowest BCUT2D eigenvalue weighted by Gasteiger charge is -2.09. The number of nitro groups is 1. The zero-order chi connectivity index (χ0) is 15.4. The number of nitrogens with two attached hydrogens (primary N) is 1. The van der Waals surface area contributed by atoms with Crippen molar-refractivity contribution in [3.8, 4) is 5.75 Å². The number of nitro benzene ring substituents is 1. The summed E-state index contributed by atoms with van der Waals surface area (Å²) in [6.07, 6.45) is 1.48. The summed E-state index contributed by atoms with van der Waals surface area (Å²) in [4.78, 5) is 14.3. The maximum Gasteiger partial charge on any atom is 0.312 e. The highest BCUT2D eigenvalue weighted by atomic mass is 35.5. The third kappa shape index (κ3) is 3.46. The minimum Gasteiger partial charge on any atom is -0.481 e. The van der Waals surface area contributed by atoms with Crippen LogP contribution < -0.4 is 10.5 Å². The van der Waals surface area contributed by atoms with Crippen LogP contribution in [0.1, 0.15) is 11.3 Å². The van der Waals surface area contributed by atoms with Crippen molar-refractivity contribution in [2.45, 2.75) is 6.61 Å². The smallest absolute Gasteiger partial charge is 0.312 e. The average molecular weight is 307 g/mol. The van der Waals surface area contributed by atoms with Crippen LogP contribution in [-0.4, -0.2) is 15.7 Å². The van der Waals surface area contributed by atoms with Crippen LogP contribution >= 0.6 is 11.6 Å². The van der Waals surface area contributed by atoms with Crippen LogP contribution in [-0.2, 0) is 6.61 Å². The van der Waals surface area contributed by atoms with Gasteiger partial charge in [-0.2, -0.15) is 0 Å². The van der Waals surface area contributed by atoms with Gasteiger partial charge in [0.2, 0.25) is 5.75 Å². The average Bonchev–Trinajstić information content (AvgIpc) is 2.46. The SMILES string of the molecule is N=C(N)c1cc(COc2c(Cl)cccc2[N+](=O)[O-])ccn1. The second-order valence-electron chi connectivity index (χ2n) is 4.10. The molecule has 0 aliphatic heterocycles. The summed E-state index contributed by atoms with van der Waals surface area (Å²) in [6.45, 7) is 0.0490. The molecule has 1 heterocycles. The lowest BCUT2D eigenvalue weighted by molar-refractivity contribution is -0.385. The Balaban J connectivity index is 2.22. The van der Waals surface area contributed by atoms with Crippen LogP contribution in [0.25, 0.3) is 0 Å². The first kappa shape index (κ1) is 14.7. The molecular weight excluding hydrogens is 296 g/mol. The summed E-state index contributed by atoms with van der Waals surface area (Å²) in [6, 6.07) is 7.54. The van der Waals surface area contributed by atoms with Gasteiger partial charge in [0, 0.05) is 12.3 Å². The lowest BCUT2D eigenvalue weighted by atomic mass is 10.2. The molecule has 2 aromatic rings.